The van der Waals surface area contributed by atoms with Crippen LogP contribution in [0.25, 0.3) is 5.95 Å². The summed E-state index contributed by atoms with van der Waals surface area (Å²) in [6.45, 7) is 0. The second kappa shape index (κ2) is 5.46. The highest BCUT2D eigenvalue weighted by Gasteiger charge is 2.10. The van der Waals surface area contributed by atoms with Crippen LogP contribution in [0.15, 0.2) is 36.9 Å². The van der Waals surface area contributed by atoms with E-state index in [0.717, 1.165) is 0 Å². The van der Waals surface area contributed by atoms with Crippen molar-refractivity contribution in [3.63, 3.8) is 0 Å². The smallest absolute Gasteiger partial charge is 0.258 e. The molecule has 2 aromatic heterocycles. The molecule has 0 saturated heterocycles. The Morgan fingerprint density at radius 1 is 1.10 bits per heavy atom. The lowest BCUT2D eigenvalue weighted by Gasteiger charge is -2.08. The van der Waals surface area contributed by atoms with Gasteiger partial charge < -0.3 is 5.32 Å². The van der Waals surface area contributed by atoms with Crippen molar-refractivity contribution in [1.29, 1.82) is 0 Å². The van der Waals surface area contributed by atoms with Gasteiger partial charge in [-0.2, -0.15) is 24.7 Å². The number of hydrogen-bond donors (Lipinski definition) is 3. The number of nitrogens with one attached hydrogen (secondary N) is 2. The van der Waals surface area contributed by atoms with Crippen LogP contribution in [-0.2, 0) is 0 Å². The molecule has 0 fully saturated rings. The van der Waals surface area contributed by atoms with E-state index in [0.29, 0.717) is 0 Å². The minimum atomic E-state index is -0.428. The van der Waals surface area contributed by atoms with Crippen molar-refractivity contribution in [1.82, 2.24) is 29.7 Å². The first-order valence-electron chi connectivity index (χ1n) is 5.85. The van der Waals surface area contributed by atoms with Crippen molar-refractivity contribution in [3.05, 3.63) is 42.7 Å². The van der Waals surface area contributed by atoms with Gasteiger partial charge in [0.05, 0.1) is 5.69 Å². The maximum atomic E-state index is 13.6. The van der Waals surface area contributed by atoms with E-state index >= 15 is 0 Å². The average molecular weight is 287 g/mol. The fraction of sp³-hybridized carbons (Fsp3) is 0. The van der Waals surface area contributed by atoms with Gasteiger partial charge in [-0.1, -0.05) is 12.1 Å². The van der Waals surface area contributed by atoms with Crippen molar-refractivity contribution in [3.8, 4) is 5.95 Å². The highest BCUT2D eigenvalue weighted by molar-refractivity contribution is 5.55. The average Bonchev–Trinajstić information content (AvgIpc) is 3.04. The third-order valence-corrected chi connectivity index (χ3v) is 2.50. The molecular formula is C11H10FN9. The second-order valence-electron chi connectivity index (χ2n) is 3.87. The van der Waals surface area contributed by atoms with Crippen LogP contribution in [0.3, 0.4) is 0 Å². The molecule has 3 rings (SSSR count). The van der Waals surface area contributed by atoms with Crippen LogP contribution in [0.4, 0.5) is 22.0 Å². The largest absolute Gasteiger partial charge is 0.321 e. The number of rotatable bonds is 4. The van der Waals surface area contributed by atoms with Gasteiger partial charge in [-0.25, -0.2) is 15.2 Å². The summed E-state index contributed by atoms with van der Waals surface area (Å²) in [5.41, 5.74) is 2.55. The van der Waals surface area contributed by atoms with Gasteiger partial charge >= 0.3 is 0 Å². The Morgan fingerprint density at radius 2 is 1.90 bits per heavy atom. The van der Waals surface area contributed by atoms with Crippen LogP contribution in [-0.4, -0.2) is 29.7 Å². The minimum absolute atomic E-state index is 0.106. The normalized spacial score (nSPS) is 10.4. The fourth-order valence-electron chi connectivity index (χ4n) is 1.58. The SMILES string of the molecule is NNc1nc(Nc2ccccc2F)nc(-n2cncn2)n1. The predicted molar refractivity (Wildman–Crippen MR) is 72.2 cm³/mol. The molecule has 10 heteroatoms. The maximum absolute atomic E-state index is 13.6. The van der Waals surface area contributed by atoms with Gasteiger partial charge in [-0.05, 0) is 12.1 Å². The van der Waals surface area contributed by atoms with Crippen LogP contribution < -0.4 is 16.6 Å². The van der Waals surface area contributed by atoms with E-state index in [4.69, 9.17) is 5.84 Å². The number of aromatic nitrogens is 6. The van der Waals surface area contributed by atoms with E-state index < -0.39 is 5.82 Å². The lowest BCUT2D eigenvalue weighted by Crippen LogP contribution is -2.15. The molecule has 0 aliphatic heterocycles. The van der Waals surface area contributed by atoms with Gasteiger partial charge in [-0.15, -0.1) is 0 Å². The molecule has 0 radical (unpaired) electrons. The van der Waals surface area contributed by atoms with Crippen molar-refractivity contribution >= 4 is 17.6 Å². The van der Waals surface area contributed by atoms with E-state index in [1.54, 1.807) is 18.2 Å². The monoisotopic (exact) mass is 287 g/mol. The Balaban J connectivity index is 1.99. The van der Waals surface area contributed by atoms with Gasteiger partial charge in [0, 0.05) is 0 Å². The Kier molecular flexibility index (Phi) is 3.35. The molecule has 2 heterocycles. The highest BCUT2D eigenvalue weighted by atomic mass is 19.1. The number of halogens is 1. The topological polar surface area (TPSA) is 119 Å². The van der Waals surface area contributed by atoms with Crippen molar-refractivity contribution in [2.75, 3.05) is 10.7 Å². The van der Waals surface area contributed by atoms with E-state index in [2.05, 4.69) is 35.8 Å². The van der Waals surface area contributed by atoms with Crippen LogP contribution in [0.5, 0.6) is 0 Å². The molecule has 0 amide bonds. The van der Waals surface area contributed by atoms with Gasteiger partial charge in [-0.3, -0.25) is 5.43 Å². The number of hydrogen-bond acceptors (Lipinski definition) is 8. The zero-order valence-electron chi connectivity index (χ0n) is 10.6. The summed E-state index contributed by atoms with van der Waals surface area (Å²) in [5, 5.41) is 6.66. The summed E-state index contributed by atoms with van der Waals surface area (Å²) in [7, 11) is 0. The van der Waals surface area contributed by atoms with E-state index in [9.17, 15) is 4.39 Å². The number of nitrogens with two attached hydrogens (primary N) is 1. The number of para-hydroxylation sites is 1. The van der Waals surface area contributed by atoms with Crippen molar-refractivity contribution in [2.24, 2.45) is 5.84 Å². The Labute approximate surface area is 118 Å². The summed E-state index contributed by atoms with van der Waals surface area (Å²) < 4.78 is 15.0. The molecule has 0 saturated carbocycles. The highest BCUT2D eigenvalue weighted by Crippen LogP contribution is 2.17. The fourth-order valence-corrected chi connectivity index (χ4v) is 1.58. The first-order valence-corrected chi connectivity index (χ1v) is 5.85. The van der Waals surface area contributed by atoms with Gasteiger partial charge in [0.15, 0.2) is 0 Å². The number of anilines is 3. The molecule has 9 nitrogen and oxygen atoms in total. The summed E-state index contributed by atoms with van der Waals surface area (Å²) in [4.78, 5) is 16.0. The zero-order chi connectivity index (χ0) is 14.7. The first kappa shape index (κ1) is 12.9. The van der Waals surface area contributed by atoms with Crippen LogP contribution >= 0.6 is 0 Å². The first-order chi connectivity index (χ1) is 10.3. The van der Waals surface area contributed by atoms with Gasteiger partial charge in [0.25, 0.3) is 5.95 Å². The third-order valence-electron chi connectivity index (χ3n) is 2.50. The molecule has 0 bridgehead atoms. The molecule has 1 aromatic carbocycles. The Bertz CT molecular complexity index is 743. The quantitative estimate of drug-likeness (QED) is 0.472. The molecule has 21 heavy (non-hydrogen) atoms. The van der Waals surface area contributed by atoms with E-state index in [1.165, 1.54) is 23.4 Å². The minimum Gasteiger partial charge on any atom is -0.321 e. The number of nitrogens with zero attached hydrogens (tertiary/aromatic N) is 6. The van der Waals surface area contributed by atoms with Crippen molar-refractivity contribution < 1.29 is 4.39 Å². The van der Waals surface area contributed by atoms with Crippen LogP contribution in [0.2, 0.25) is 0 Å². The summed E-state index contributed by atoms with van der Waals surface area (Å²) >= 11 is 0. The number of nitrogen functional groups attached to an aromatic ring is 1. The van der Waals surface area contributed by atoms with Gasteiger partial charge in [0.2, 0.25) is 11.9 Å². The lowest BCUT2D eigenvalue weighted by molar-refractivity contribution is 0.631. The van der Waals surface area contributed by atoms with E-state index in [1.807, 2.05) is 0 Å². The second-order valence-corrected chi connectivity index (χ2v) is 3.87. The van der Waals surface area contributed by atoms with Crippen LogP contribution in [0, 0.1) is 5.82 Å². The Hall–Kier alpha value is -3.14. The molecule has 0 aliphatic carbocycles. The zero-order valence-corrected chi connectivity index (χ0v) is 10.6. The molecule has 0 atom stereocenters. The summed E-state index contributed by atoms with van der Waals surface area (Å²) in [5.74, 6) is 5.30. The number of hydrazine groups is 1. The van der Waals surface area contributed by atoms with Gasteiger partial charge in [0.1, 0.15) is 18.5 Å². The molecule has 4 N–H and O–H groups in total. The van der Waals surface area contributed by atoms with Crippen LogP contribution in [0.1, 0.15) is 0 Å². The van der Waals surface area contributed by atoms with E-state index in [-0.39, 0.29) is 23.5 Å². The summed E-state index contributed by atoms with van der Waals surface area (Å²) in [6.07, 6.45) is 2.76. The molecule has 3 aromatic rings. The Morgan fingerprint density at radius 3 is 2.62 bits per heavy atom. The predicted octanol–water partition coefficient (Wildman–Crippen LogP) is 0.621. The molecular weight excluding hydrogens is 277 g/mol. The standard InChI is InChI=1S/C11H10FN9/c12-7-3-1-2-4-8(7)16-9-17-10(20-13)19-11(18-9)21-6-14-5-15-21/h1-6H,13H2,(H2,16,17,18,19,20). The molecule has 106 valence electrons. The number of benzene rings is 1. The molecule has 0 aliphatic rings. The maximum Gasteiger partial charge on any atom is 0.258 e. The summed E-state index contributed by atoms with van der Waals surface area (Å²) in [6, 6.07) is 6.16. The molecule has 0 spiro atoms. The lowest BCUT2D eigenvalue weighted by atomic mass is 10.3. The molecule has 0 unspecified atom stereocenters. The van der Waals surface area contributed by atoms with Crippen molar-refractivity contribution in [2.45, 2.75) is 0 Å². The third kappa shape index (κ3) is 2.74.